The molecule has 2 aromatic heterocycles. The molecular formula is C28H25F3N6O. The maximum absolute atomic E-state index is 14.4. The van der Waals surface area contributed by atoms with Gasteiger partial charge in [0, 0.05) is 5.56 Å². The number of hydrogen-bond donors (Lipinski definition) is 1. The summed E-state index contributed by atoms with van der Waals surface area (Å²) >= 11 is 0. The SMILES string of the molecule is CCCCc1c(C(F)(F)F)n(-c2ccccc2)c(=O)n1Cc1ccc(-c2ccccc2-c2nn[nH]n2)cc1. The largest absolute Gasteiger partial charge is 0.433 e. The van der Waals surface area contributed by atoms with Gasteiger partial charge in [-0.1, -0.05) is 80.1 Å². The van der Waals surface area contributed by atoms with E-state index >= 15 is 0 Å². The summed E-state index contributed by atoms with van der Waals surface area (Å²) in [6.07, 6.45) is -3.30. The molecule has 0 atom stereocenters. The van der Waals surface area contributed by atoms with Crippen molar-refractivity contribution in [1.82, 2.24) is 29.8 Å². The molecule has 2 heterocycles. The van der Waals surface area contributed by atoms with E-state index in [1.54, 1.807) is 18.2 Å². The zero-order valence-corrected chi connectivity index (χ0v) is 20.6. The second kappa shape index (κ2) is 10.5. The predicted octanol–water partition coefficient (Wildman–Crippen LogP) is 5.90. The molecule has 1 N–H and O–H groups in total. The van der Waals surface area contributed by atoms with Crippen LogP contribution < -0.4 is 5.69 Å². The van der Waals surface area contributed by atoms with Crippen molar-refractivity contribution < 1.29 is 13.2 Å². The lowest BCUT2D eigenvalue weighted by atomic mass is 9.98. The van der Waals surface area contributed by atoms with E-state index in [-0.39, 0.29) is 24.3 Å². The molecule has 10 heteroatoms. The third-order valence-corrected chi connectivity index (χ3v) is 6.41. The Kier molecular flexibility index (Phi) is 6.95. The number of H-pyrrole nitrogens is 1. The van der Waals surface area contributed by atoms with Crippen molar-refractivity contribution in [2.75, 3.05) is 0 Å². The fourth-order valence-corrected chi connectivity index (χ4v) is 4.63. The summed E-state index contributed by atoms with van der Waals surface area (Å²) in [5.41, 5.74) is 1.84. The van der Waals surface area contributed by atoms with Crippen LogP contribution in [0.1, 0.15) is 36.7 Å². The van der Waals surface area contributed by atoms with E-state index in [1.165, 1.54) is 16.7 Å². The smallest absolute Gasteiger partial charge is 0.291 e. The number of aromatic nitrogens is 6. The van der Waals surface area contributed by atoms with E-state index in [1.807, 2.05) is 55.5 Å². The number of imidazole rings is 1. The van der Waals surface area contributed by atoms with Gasteiger partial charge < -0.3 is 0 Å². The van der Waals surface area contributed by atoms with E-state index in [0.717, 1.165) is 21.3 Å². The Balaban J connectivity index is 1.56. The molecule has 0 aliphatic rings. The molecule has 0 aliphatic heterocycles. The van der Waals surface area contributed by atoms with Gasteiger partial charge >= 0.3 is 11.9 Å². The summed E-state index contributed by atoms with van der Waals surface area (Å²) in [4.78, 5) is 13.5. The number of hydrogen-bond acceptors (Lipinski definition) is 4. The average Bonchev–Trinajstić information content (AvgIpc) is 3.55. The Bertz CT molecular complexity index is 1570. The standard InChI is InChI=1S/C28H25F3N6O/c1-2-3-13-24-25(28(29,30)31)37(21-9-5-4-6-10-21)27(38)36(24)18-19-14-16-20(17-15-19)22-11-7-8-12-23(22)26-32-34-35-33-26/h4-12,14-17H,2-3,13,18H2,1H3,(H,32,33,34,35). The van der Waals surface area contributed by atoms with Crippen LogP contribution in [-0.4, -0.2) is 29.8 Å². The molecule has 0 fully saturated rings. The maximum atomic E-state index is 14.4. The minimum atomic E-state index is -4.69. The molecule has 38 heavy (non-hydrogen) atoms. The van der Waals surface area contributed by atoms with Gasteiger partial charge in [0.25, 0.3) is 0 Å². The number of rotatable bonds is 8. The van der Waals surface area contributed by atoms with Gasteiger partial charge in [0.15, 0.2) is 5.69 Å². The van der Waals surface area contributed by atoms with Gasteiger partial charge in [-0.15, -0.1) is 10.2 Å². The van der Waals surface area contributed by atoms with Gasteiger partial charge in [-0.25, -0.2) is 4.79 Å². The maximum Gasteiger partial charge on any atom is 0.433 e. The summed E-state index contributed by atoms with van der Waals surface area (Å²) in [5.74, 6) is 0.457. The van der Waals surface area contributed by atoms with Gasteiger partial charge in [0.1, 0.15) is 0 Å². The molecular weight excluding hydrogens is 493 g/mol. The van der Waals surface area contributed by atoms with Crippen molar-refractivity contribution in [3.05, 3.63) is 106 Å². The molecule has 5 rings (SSSR count). The molecule has 0 amide bonds. The average molecular weight is 519 g/mol. The Morgan fingerprint density at radius 3 is 2.21 bits per heavy atom. The van der Waals surface area contributed by atoms with Crippen molar-refractivity contribution in [2.24, 2.45) is 0 Å². The van der Waals surface area contributed by atoms with Gasteiger partial charge in [0.05, 0.1) is 17.9 Å². The van der Waals surface area contributed by atoms with E-state index < -0.39 is 17.6 Å². The van der Waals surface area contributed by atoms with Crippen molar-refractivity contribution in [1.29, 1.82) is 0 Å². The molecule has 3 aromatic carbocycles. The molecule has 0 radical (unpaired) electrons. The van der Waals surface area contributed by atoms with Crippen LogP contribution in [0.25, 0.3) is 28.2 Å². The quantitative estimate of drug-likeness (QED) is 0.278. The van der Waals surface area contributed by atoms with Crippen LogP contribution in [0.4, 0.5) is 13.2 Å². The van der Waals surface area contributed by atoms with Gasteiger partial charge in [-0.3, -0.25) is 9.13 Å². The fraction of sp³-hybridized carbons (Fsp3) is 0.214. The van der Waals surface area contributed by atoms with Crippen molar-refractivity contribution >= 4 is 0 Å². The minimum absolute atomic E-state index is 0.000248. The first-order valence-electron chi connectivity index (χ1n) is 12.3. The minimum Gasteiger partial charge on any atom is -0.291 e. The first kappa shape index (κ1) is 25.2. The lowest BCUT2D eigenvalue weighted by Gasteiger charge is -2.13. The third kappa shape index (κ3) is 4.89. The van der Waals surface area contributed by atoms with Gasteiger partial charge in [0.2, 0.25) is 5.82 Å². The molecule has 0 saturated carbocycles. The zero-order valence-electron chi connectivity index (χ0n) is 20.6. The Morgan fingerprint density at radius 1 is 0.895 bits per heavy atom. The number of nitrogens with one attached hydrogen (secondary N) is 1. The summed E-state index contributed by atoms with van der Waals surface area (Å²) in [7, 11) is 0. The van der Waals surface area contributed by atoms with Crippen molar-refractivity contribution in [3.8, 4) is 28.2 Å². The second-order valence-electron chi connectivity index (χ2n) is 8.91. The number of alkyl halides is 3. The number of unbranched alkanes of at least 4 members (excludes halogenated alkanes) is 1. The highest BCUT2D eigenvalue weighted by Crippen LogP contribution is 2.35. The van der Waals surface area contributed by atoms with Crippen LogP contribution in [0.5, 0.6) is 0 Å². The Morgan fingerprint density at radius 2 is 1.58 bits per heavy atom. The lowest BCUT2D eigenvalue weighted by Crippen LogP contribution is -2.26. The number of halogens is 3. The number of nitrogens with zero attached hydrogens (tertiary/aromatic N) is 5. The molecule has 0 spiro atoms. The van der Waals surface area contributed by atoms with E-state index in [4.69, 9.17) is 0 Å². The normalized spacial score (nSPS) is 11.7. The van der Waals surface area contributed by atoms with Gasteiger partial charge in [-0.05, 0) is 46.9 Å². The Hall–Kier alpha value is -4.47. The number of aromatic amines is 1. The molecule has 5 aromatic rings. The van der Waals surface area contributed by atoms with Gasteiger partial charge in [-0.2, -0.15) is 18.4 Å². The first-order valence-corrected chi connectivity index (χ1v) is 12.3. The summed E-state index contributed by atoms with van der Waals surface area (Å²) in [6.45, 7) is 1.93. The van der Waals surface area contributed by atoms with Crippen LogP contribution in [0.2, 0.25) is 0 Å². The first-order chi connectivity index (χ1) is 18.4. The second-order valence-corrected chi connectivity index (χ2v) is 8.91. The third-order valence-electron chi connectivity index (χ3n) is 6.41. The zero-order chi connectivity index (χ0) is 26.7. The topological polar surface area (TPSA) is 81.4 Å². The number of benzene rings is 3. The van der Waals surface area contributed by atoms with Crippen LogP contribution in [0, 0.1) is 0 Å². The van der Waals surface area contributed by atoms with Crippen LogP contribution in [0.15, 0.2) is 83.7 Å². The van der Waals surface area contributed by atoms with Crippen molar-refractivity contribution in [2.45, 2.75) is 38.9 Å². The van der Waals surface area contributed by atoms with Crippen LogP contribution in [-0.2, 0) is 19.1 Å². The monoisotopic (exact) mass is 518 g/mol. The highest BCUT2D eigenvalue weighted by Gasteiger charge is 2.40. The Labute approximate surface area is 216 Å². The summed E-state index contributed by atoms with van der Waals surface area (Å²) in [5, 5.41) is 14.2. The van der Waals surface area contributed by atoms with E-state index in [0.29, 0.717) is 24.2 Å². The van der Waals surface area contributed by atoms with Crippen molar-refractivity contribution in [3.63, 3.8) is 0 Å². The highest BCUT2D eigenvalue weighted by molar-refractivity contribution is 5.80. The number of para-hydroxylation sites is 1. The molecule has 0 saturated heterocycles. The summed E-state index contributed by atoms with van der Waals surface area (Å²) < 4.78 is 45.1. The molecule has 194 valence electrons. The molecule has 0 aliphatic carbocycles. The fourth-order valence-electron chi connectivity index (χ4n) is 4.63. The molecule has 0 bridgehead atoms. The lowest BCUT2D eigenvalue weighted by molar-refractivity contribution is -0.143. The highest BCUT2D eigenvalue weighted by atomic mass is 19.4. The predicted molar refractivity (Wildman–Crippen MR) is 138 cm³/mol. The number of tetrazole rings is 1. The molecule has 7 nitrogen and oxygen atoms in total. The van der Waals surface area contributed by atoms with E-state index in [2.05, 4.69) is 20.6 Å². The summed E-state index contributed by atoms with van der Waals surface area (Å²) in [6, 6.07) is 23.0. The van der Waals surface area contributed by atoms with E-state index in [9.17, 15) is 18.0 Å². The van der Waals surface area contributed by atoms with Crippen LogP contribution in [0.3, 0.4) is 0 Å². The van der Waals surface area contributed by atoms with Crippen LogP contribution >= 0.6 is 0 Å². The molecule has 0 unspecified atom stereocenters.